The Labute approximate surface area is 179 Å². The second-order valence-electron chi connectivity index (χ2n) is 8.46. The van der Waals surface area contributed by atoms with Crippen LogP contribution in [-0.4, -0.2) is 33.7 Å². The van der Waals surface area contributed by atoms with E-state index in [1.807, 2.05) is 30.5 Å². The molecular weight excluding hydrogens is 372 g/mol. The van der Waals surface area contributed by atoms with E-state index in [0.717, 1.165) is 50.2 Å². The third-order valence-corrected chi connectivity index (χ3v) is 5.90. The van der Waals surface area contributed by atoms with Crippen molar-refractivity contribution < 1.29 is 9.84 Å². The molecule has 156 valence electrons. The van der Waals surface area contributed by atoms with E-state index in [-0.39, 0.29) is 0 Å². The maximum atomic E-state index is 11.0. The zero-order valence-corrected chi connectivity index (χ0v) is 17.6. The predicted octanol–water partition coefficient (Wildman–Crippen LogP) is 4.54. The number of aromatic nitrogens is 1. The Morgan fingerprint density at radius 2 is 1.63 bits per heavy atom. The number of nitrogens with zero attached hydrogens (tertiary/aromatic N) is 2. The molecule has 0 unspecified atom stereocenters. The molecule has 0 aliphatic carbocycles. The average molecular weight is 403 g/mol. The first kappa shape index (κ1) is 20.6. The summed E-state index contributed by atoms with van der Waals surface area (Å²) < 4.78 is 5.84. The number of piperidine rings is 1. The van der Waals surface area contributed by atoms with Gasteiger partial charge in [-0.25, -0.2) is 0 Å². The van der Waals surface area contributed by atoms with E-state index in [2.05, 4.69) is 53.2 Å². The van der Waals surface area contributed by atoms with Crippen LogP contribution in [0, 0.1) is 6.92 Å². The van der Waals surface area contributed by atoms with Crippen LogP contribution < -0.4 is 4.74 Å². The van der Waals surface area contributed by atoms with Gasteiger partial charge in [-0.15, -0.1) is 0 Å². The minimum Gasteiger partial charge on any atom is -0.489 e. The van der Waals surface area contributed by atoms with E-state index in [1.165, 1.54) is 16.7 Å². The maximum absolute atomic E-state index is 11.0. The van der Waals surface area contributed by atoms with Crippen LogP contribution in [0.4, 0.5) is 0 Å². The Bertz CT molecular complexity index is 916. The van der Waals surface area contributed by atoms with Gasteiger partial charge in [0.25, 0.3) is 0 Å². The molecule has 1 saturated heterocycles. The maximum Gasteiger partial charge on any atom is 0.119 e. The van der Waals surface area contributed by atoms with Crippen LogP contribution in [0.1, 0.15) is 35.1 Å². The summed E-state index contributed by atoms with van der Waals surface area (Å²) in [6.07, 6.45) is 5.96. The molecule has 1 N–H and O–H groups in total. The lowest BCUT2D eigenvalue weighted by Crippen LogP contribution is -2.45. The number of pyridine rings is 1. The van der Waals surface area contributed by atoms with Crippen molar-refractivity contribution in [3.63, 3.8) is 0 Å². The van der Waals surface area contributed by atoms with Gasteiger partial charge in [0, 0.05) is 44.0 Å². The summed E-state index contributed by atoms with van der Waals surface area (Å²) in [7, 11) is 0. The molecule has 1 fully saturated rings. The molecule has 0 radical (unpaired) electrons. The summed E-state index contributed by atoms with van der Waals surface area (Å²) in [5.74, 6) is 0.869. The van der Waals surface area contributed by atoms with Crippen LogP contribution in [0.5, 0.6) is 5.75 Å². The Morgan fingerprint density at radius 3 is 2.30 bits per heavy atom. The van der Waals surface area contributed by atoms with Crippen molar-refractivity contribution in [3.8, 4) is 5.75 Å². The molecule has 0 bridgehead atoms. The van der Waals surface area contributed by atoms with Gasteiger partial charge in [-0.1, -0.05) is 48.0 Å². The fraction of sp³-hybridized carbons (Fsp3) is 0.346. The Balaban J connectivity index is 1.25. The van der Waals surface area contributed by atoms with Gasteiger partial charge in [-0.3, -0.25) is 9.88 Å². The van der Waals surface area contributed by atoms with Crippen molar-refractivity contribution in [2.24, 2.45) is 0 Å². The van der Waals surface area contributed by atoms with Crippen LogP contribution in [0.2, 0.25) is 0 Å². The molecule has 2 aromatic carbocycles. The second-order valence-corrected chi connectivity index (χ2v) is 8.46. The van der Waals surface area contributed by atoms with Crippen molar-refractivity contribution in [2.75, 3.05) is 13.1 Å². The van der Waals surface area contributed by atoms with Gasteiger partial charge >= 0.3 is 0 Å². The number of benzene rings is 2. The zero-order chi connectivity index (χ0) is 20.8. The molecule has 0 saturated carbocycles. The minimum atomic E-state index is -0.588. The van der Waals surface area contributed by atoms with Gasteiger partial charge in [-0.05, 0) is 49.1 Å². The summed E-state index contributed by atoms with van der Waals surface area (Å²) >= 11 is 0. The molecule has 30 heavy (non-hydrogen) atoms. The molecule has 0 amide bonds. The fourth-order valence-corrected chi connectivity index (χ4v) is 3.99. The van der Waals surface area contributed by atoms with Crippen LogP contribution in [0.3, 0.4) is 0 Å². The van der Waals surface area contributed by atoms with E-state index in [9.17, 15) is 5.11 Å². The topological polar surface area (TPSA) is 45.6 Å². The second kappa shape index (κ2) is 9.41. The molecule has 1 aromatic heterocycles. The number of hydrogen-bond acceptors (Lipinski definition) is 4. The molecule has 1 aliphatic heterocycles. The summed E-state index contributed by atoms with van der Waals surface area (Å²) in [4.78, 5) is 6.54. The monoisotopic (exact) mass is 402 g/mol. The summed E-state index contributed by atoms with van der Waals surface area (Å²) in [6, 6.07) is 20.8. The van der Waals surface area contributed by atoms with Crippen molar-refractivity contribution in [1.82, 2.24) is 9.88 Å². The largest absolute Gasteiger partial charge is 0.489 e. The average Bonchev–Trinajstić information content (AvgIpc) is 2.77. The van der Waals surface area contributed by atoms with Gasteiger partial charge in [0.2, 0.25) is 0 Å². The molecular formula is C26H30N2O2. The van der Waals surface area contributed by atoms with Crippen molar-refractivity contribution in [3.05, 3.63) is 95.3 Å². The molecule has 4 heteroatoms. The highest BCUT2D eigenvalue weighted by Gasteiger charge is 2.32. The first-order chi connectivity index (χ1) is 14.6. The lowest BCUT2D eigenvalue weighted by atomic mass is 9.85. The number of rotatable bonds is 7. The van der Waals surface area contributed by atoms with Gasteiger partial charge in [0.05, 0.1) is 5.60 Å². The summed E-state index contributed by atoms with van der Waals surface area (Å²) in [5.41, 5.74) is 4.23. The third kappa shape index (κ3) is 5.68. The smallest absolute Gasteiger partial charge is 0.119 e. The van der Waals surface area contributed by atoms with E-state index in [1.54, 1.807) is 6.20 Å². The molecule has 1 aliphatic rings. The van der Waals surface area contributed by atoms with Crippen LogP contribution >= 0.6 is 0 Å². The lowest BCUT2D eigenvalue weighted by molar-refractivity contribution is -0.0224. The molecule has 4 rings (SSSR count). The van der Waals surface area contributed by atoms with E-state index >= 15 is 0 Å². The lowest BCUT2D eigenvalue weighted by Gasteiger charge is -2.38. The summed E-state index contributed by atoms with van der Waals surface area (Å²) in [6.45, 7) is 5.36. The number of aliphatic hydroxyl groups is 1. The summed E-state index contributed by atoms with van der Waals surface area (Å²) in [5, 5.41) is 11.0. The van der Waals surface area contributed by atoms with Gasteiger partial charge in [0.1, 0.15) is 12.4 Å². The van der Waals surface area contributed by atoms with Crippen molar-refractivity contribution >= 4 is 0 Å². The fourth-order valence-electron chi connectivity index (χ4n) is 3.99. The molecule has 0 atom stereocenters. The highest BCUT2D eigenvalue weighted by Crippen LogP contribution is 2.27. The highest BCUT2D eigenvalue weighted by molar-refractivity contribution is 5.28. The first-order valence-electron chi connectivity index (χ1n) is 10.7. The van der Waals surface area contributed by atoms with E-state index in [4.69, 9.17) is 4.74 Å². The van der Waals surface area contributed by atoms with E-state index < -0.39 is 5.60 Å². The first-order valence-corrected chi connectivity index (χ1v) is 10.7. The molecule has 0 spiro atoms. The Morgan fingerprint density at radius 1 is 0.933 bits per heavy atom. The number of hydrogen-bond donors (Lipinski definition) is 1. The van der Waals surface area contributed by atoms with Gasteiger partial charge in [-0.2, -0.15) is 0 Å². The Hall–Kier alpha value is -2.69. The van der Waals surface area contributed by atoms with Gasteiger partial charge < -0.3 is 9.84 Å². The number of aryl methyl sites for hydroxylation is 1. The zero-order valence-electron chi connectivity index (χ0n) is 17.6. The molecule has 4 nitrogen and oxygen atoms in total. The standard InChI is InChI=1S/C26H30N2O2/c1-21-4-6-22(7-5-21)17-26(29)12-15-28(16-13-26)19-23-8-10-25(11-9-23)30-20-24-3-2-14-27-18-24/h2-11,14,18,29H,12-13,15-17,19-20H2,1H3. The van der Waals surface area contributed by atoms with Crippen LogP contribution in [-0.2, 0) is 19.6 Å². The van der Waals surface area contributed by atoms with E-state index in [0.29, 0.717) is 6.61 Å². The number of ether oxygens (including phenoxy) is 1. The van der Waals surface area contributed by atoms with Crippen molar-refractivity contribution in [2.45, 2.75) is 44.9 Å². The van der Waals surface area contributed by atoms with Crippen molar-refractivity contribution in [1.29, 1.82) is 0 Å². The SMILES string of the molecule is Cc1ccc(CC2(O)CCN(Cc3ccc(OCc4cccnc4)cc3)CC2)cc1. The Kier molecular flexibility index (Phi) is 6.46. The quantitative estimate of drug-likeness (QED) is 0.630. The van der Waals surface area contributed by atoms with Crippen LogP contribution in [0.25, 0.3) is 0 Å². The predicted molar refractivity (Wildman–Crippen MR) is 119 cm³/mol. The number of likely N-dealkylation sites (tertiary alicyclic amines) is 1. The normalized spacial score (nSPS) is 16.3. The highest BCUT2D eigenvalue weighted by atomic mass is 16.5. The molecule has 3 aromatic rings. The minimum absolute atomic E-state index is 0.527. The van der Waals surface area contributed by atoms with Gasteiger partial charge in [0.15, 0.2) is 0 Å². The van der Waals surface area contributed by atoms with Crippen LogP contribution in [0.15, 0.2) is 73.1 Å². The third-order valence-electron chi connectivity index (χ3n) is 5.90. The molecule has 2 heterocycles.